The molecule has 1 N–H and O–H groups in total. The van der Waals surface area contributed by atoms with E-state index in [-0.39, 0.29) is 6.54 Å². The average Bonchev–Trinajstić information content (AvgIpc) is 3.02. The Morgan fingerprint density at radius 2 is 1.77 bits per heavy atom. The molecule has 0 unspecified atom stereocenters. The maximum Gasteiger partial charge on any atom is 0.250 e. The van der Waals surface area contributed by atoms with Crippen LogP contribution in [0.15, 0.2) is 40.6 Å². The van der Waals surface area contributed by atoms with E-state index in [9.17, 15) is 8.42 Å². The average molecular weight is 339 g/mol. The second kappa shape index (κ2) is 7.76. The van der Waals surface area contributed by atoms with E-state index in [0.717, 1.165) is 23.5 Å². The number of ether oxygens (including phenoxy) is 1. The molecule has 6 heteroatoms. The Hall–Kier alpha value is -1.37. The Bertz CT molecular complexity index is 690. The summed E-state index contributed by atoms with van der Waals surface area (Å²) >= 11 is 1.31. The fourth-order valence-electron chi connectivity index (χ4n) is 1.93. The normalized spacial score (nSPS) is 11.5. The molecule has 0 saturated heterocycles. The molecular weight excluding hydrogens is 318 g/mol. The number of sulfonamides is 1. The first-order chi connectivity index (χ1) is 10.5. The van der Waals surface area contributed by atoms with Crippen molar-refractivity contribution < 1.29 is 13.2 Å². The third kappa shape index (κ3) is 4.56. The Balaban J connectivity index is 1.82. The van der Waals surface area contributed by atoms with Crippen LogP contribution in [0, 0.1) is 0 Å². The van der Waals surface area contributed by atoms with Crippen molar-refractivity contribution in [2.24, 2.45) is 0 Å². The highest BCUT2D eigenvalue weighted by Crippen LogP contribution is 2.21. The molecule has 0 atom stereocenters. The molecule has 0 aliphatic rings. The van der Waals surface area contributed by atoms with E-state index in [0.29, 0.717) is 10.8 Å². The number of aryl methyl sites for hydroxylation is 2. The largest absolute Gasteiger partial charge is 0.492 e. The van der Waals surface area contributed by atoms with E-state index in [1.54, 1.807) is 6.07 Å². The molecule has 1 aromatic carbocycles. The van der Waals surface area contributed by atoms with Gasteiger partial charge in [0.2, 0.25) is 10.0 Å². The molecule has 0 radical (unpaired) electrons. The van der Waals surface area contributed by atoms with Gasteiger partial charge in [0.1, 0.15) is 16.6 Å². The lowest BCUT2D eigenvalue weighted by atomic mass is 10.2. The molecule has 0 bridgehead atoms. The molecule has 0 fully saturated rings. The number of rotatable bonds is 8. The van der Waals surface area contributed by atoms with Crippen LogP contribution in [0.2, 0.25) is 0 Å². The molecular formula is C16H21NO3S2. The Morgan fingerprint density at radius 3 is 2.36 bits per heavy atom. The van der Waals surface area contributed by atoms with Gasteiger partial charge in [0.15, 0.2) is 0 Å². The fourth-order valence-corrected chi connectivity index (χ4v) is 4.28. The fraction of sp³-hybridized carbons (Fsp3) is 0.375. The smallest absolute Gasteiger partial charge is 0.250 e. The summed E-state index contributed by atoms with van der Waals surface area (Å²) in [6.45, 7) is 4.65. The van der Waals surface area contributed by atoms with Crippen LogP contribution in [-0.4, -0.2) is 21.6 Å². The molecule has 0 saturated carbocycles. The van der Waals surface area contributed by atoms with Gasteiger partial charge in [-0.3, -0.25) is 0 Å². The highest BCUT2D eigenvalue weighted by molar-refractivity contribution is 7.91. The Labute approximate surface area is 136 Å². The maximum absolute atomic E-state index is 12.1. The van der Waals surface area contributed by atoms with Crippen molar-refractivity contribution in [1.29, 1.82) is 0 Å². The highest BCUT2D eigenvalue weighted by atomic mass is 32.2. The number of hydrogen-bond donors (Lipinski definition) is 1. The van der Waals surface area contributed by atoms with Crippen LogP contribution < -0.4 is 9.46 Å². The zero-order valence-electron chi connectivity index (χ0n) is 12.8. The number of benzene rings is 1. The second-order valence-corrected chi connectivity index (χ2v) is 7.98. The van der Waals surface area contributed by atoms with Gasteiger partial charge < -0.3 is 4.74 Å². The van der Waals surface area contributed by atoms with Gasteiger partial charge >= 0.3 is 0 Å². The first-order valence-electron chi connectivity index (χ1n) is 7.35. The van der Waals surface area contributed by atoms with E-state index in [4.69, 9.17) is 4.74 Å². The van der Waals surface area contributed by atoms with E-state index < -0.39 is 10.0 Å². The molecule has 1 heterocycles. The van der Waals surface area contributed by atoms with Gasteiger partial charge in [0.25, 0.3) is 0 Å². The van der Waals surface area contributed by atoms with Crippen LogP contribution in [0.25, 0.3) is 0 Å². The van der Waals surface area contributed by atoms with Gasteiger partial charge in [0.05, 0.1) is 0 Å². The predicted molar refractivity (Wildman–Crippen MR) is 90.2 cm³/mol. The molecule has 0 amide bonds. The van der Waals surface area contributed by atoms with E-state index in [1.807, 2.05) is 37.3 Å². The summed E-state index contributed by atoms with van der Waals surface area (Å²) in [4.78, 5) is 1.06. The minimum Gasteiger partial charge on any atom is -0.492 e. The summed E-state index contributed by atoms with van der Waals surface area (Å²) in [7, 11) is -3.43. The molecule has 22 heavy (non-hydrogen) atoms. The summed E-state index contributed by atoms with van der Waals surface area (Å²) in [6.07, 6.45) is 1.83. The van der Waals surface area contributed by atoms with Crippen molar-refractivity contribution in [3.05, 3.63) is 46.8 Å². The van der Waals surface area contributed by atoms with Crippen molar-refractivity contribution in [1.82, 2.24) is 4.72 Å². The number of thiophene rings is 1. The summed E-state index contributed by atoms with van der Waals surface area (Å²) in [5.74, 6) is 0.751. The second-order valence-electron chi connectivity index (χ2n) is 4.82. The lowest BCUT2D eigenvalue weighted by Gasteiger charge is -2.08. The zero-order chi connectivity index (χ0) is 16.0. The van der Waals surface area contributed by atoms with Crippen LogP contribution in [0.5, 0.6) is 5.75 Å². The minimum absolute atomic E-state index is 0.247. The third-order valence-corrected chi connectivity index (χ3v) is 6.43. The van der Waals surface area contributed by atoms with Crippen LogP contribution in [0.1, 0.15) is 24.3 Å². The summed E-state index contributed by atoms with van der Waals surface area (Å²) in [6, 6.07) is 11.3. The molecule has 1 aromatic heterocycles. The van der Waals surface area contributed by atoms with Crippen molar-refractivity contribution in [3.63, 3.8) is 0 Å². The SMILES string of the molecule is CCc1ccc(OCCNS(=O)(=O)c2ccc(CC)s2)cc1. The van der Waals surface area contributed by atoms with Gasteiger partial charge in [0, 0.05) is 11.4 Å². The van der Waals surface area contributed by atoms with Gasteiger partial charge in [-0.15, -0.1) is 11.3 Å². The Morgan fingerprint density at radius 1 is 1.05 bits per heavy atom. The van der Waals surface area contributed by atoms with Crippen molar-refractivity contribution in [3.8, 4) is 5.75 Å². The molecule has 120 valence electrons. The lowest BCUT2D eigenvalue weighted by molar-refractivity contribution is 0.323. The van der Waals surface area contributed by atoms with Crippen LogP contribution in [0.4, 0.5) is 0 Å². The Kier molecular flexibility index (Phi) is 5.99. The van der Waals surface area contributed by atoms with E-state index in [1.165, 1.54) is 16.9 Å². The van der Waals surface area contributed by atoms with Crippen LogP contribution >= 0.6 is 11.3 Å². The molecule has 2 rings (SSSR count). The predicted octanol–water partition coefficient (Wildman–Crippen LogP) is 3.23. The third-order valence-electron chi connectivity index (χ3n) is 3.24. The molecule has 0 aliphatic heterocycles. The zero-order valence-corrected chi connectivity index (χ0v) is 14.5. The van der Waals surface area contributed by atoms with Gasteiger partial charge in [-0.25, -0.2) is 13.1 Å². The highest BCUT2D eigenvalue weighted by Gasteiger charge is 2.15. The molecule has 2 aromatic rings. The monoisotopic (exact) mass is 339 g/mol. The number of hydrogen-bond acceptors (Lipinski definition) is 4. The van der Waals surface area contributed by atoms with Gasteiger partial charge in [-0.1, -0.05) is 26.0 Å². The quantitative estimate of drug-likeness (QED) is 0.751. The van der Waals surface area contributed by atoms with Crippen molar-refractivity contribution in [2.45, 2.75) is 30.9 Å². The molecule has 0 spiro atoms. The first kappa shape index (κ1) is 17.0. The topological polar surface area (TPSA) is 55.4 Å². The number of nitrogens with one attached hydrogen (secondary N) is 1. The molecule has 4 nitrogen and oxygen atoms in total. The van der Waals surface area contributed by atoms with Crippen LogP contribution in [-0.2, 0) is 22.9 Å². The maximum atomic E-state index is 12.1. The van der Waals surface area contributed by atoms with Crippen LogP contribution in [0.3, 0.4) is 0 Å². The summed E-state index contributed by atoms with van der Waals surface area (Å²) in [5, 5.41) is 0. The van der Waals surface area contributed by atoms with E-state index >= 15 is 0 Å². The lowest BCUT2D eigenvalue weighted by Crippen LogP contribution is -2.27. The van der Waals surface area contributed by atoms with Crippen molar-refractivity contribution in [2.75, 3.05) is 13.2 Å². The first-order valence-corrected chi connectivity index (χ1v) is 9.65. The van der Waals surface area contributed by atoms with E-state index in [2.05, 4.69) is 11.6 Å². The van der Waals surface area contributed by atoms with Gasteiger partial charge in [-0.2, -0.15) is 0 Å². The molecule has 0 aliphatic carbocycles. The standard InChI is InChI=1S/C16H21NO3S2/c1-3-13-5-7-14(8-6-13)20-12-11-17-22(18,19)16-10-9-15(4-2)21-16/h5-10,17H,3-4,11-12H2,1-2H3. The summed E-state index contributed by atoms with van der Waals surface area (Å²) < 4.78 is 32.7. The van der Waals surface area contributed by atoms with Crippen molar-refractivity contribution >= 4 is 21.4 Å². The minimum atomic E-state index is -3.43. The summed E-state index contributed by atoms with van der Waals surface area (Å²) in [5.41, 5.74) is 1.25. The van der Waals surface area contributed by atoms with Gasteiger partial charge in [-0.05, 0) is 42.7 Å².